The third-order valence-electron chi connectivity index (χ3n) is 4.44. The zero-order valence-electron chi connectivity index (χ0n) is 15.0. The van der Waals surface area contributed by atoms with Gasteiger partial charge in [-0.15, -0.1) is 0 Å². The van der Waals surface area contributed by atoms with E-state index in [-0.39, 0.29) is 12.5 Å². The van der Waals surface area contributed by atoms with Crippen LogP contribution in [0.5, 0.6) is 0 Å². The predicted molar refractivity (Wildman–Crippen MR) is 94.0 cm³/mol. The zero-order chi connectivity index (χ0) is 17.6. The molecule has 0 aliphatic carbocycles. The van der Waals surface area contributed by atoms with E-state index < -0.39 is 0 Å². The molecule has 1 saturated heterocycles. The predicted octanol–water partition coefficient (Wildman–Crippen LogP) is 1.85. The Morgan fingerprint density at radius 1 is 1.52 bits per heavy atom. The SMILES string of the molecule is CC(C)Cc1cc(CNC(=O)Cn2nccc2[C@H]2CCCNC2)on1. The van der Waals surface area contributed by atoms with Crippen LogP contribution in [0.25, 0.3) is 0 Å². The Bertz CT molecular complexity index is 685. The number of carbonyl (C=O) groups is 1. The van der Waals surface area contributed by atoms with Gasteiger partial charge in [0, 0.05) is 30.4 Å². The molecule has 0 aromatic carbocycles. The first-order chi connectivity index (χ1) is 12.1. The molecule has 25 heavy (non-hydrogen) atoms. The van der Waals surface area contributed by atoms with Crippen molar-refractivity contribution in [2.45, 2.75) is 52.1 Å². The molecule has 7 heteroatoms. The Morgan fingerprint density at radius 2 is 2.40 bits per heavy atom. The fraction of sp³-hybridized carbons (Fsp3) is 0.611. The Hall–Kier alpha value is -2.15. The molecule has 3 rings (SSSR count). The van der Waals surface area contributed by atoms with Crippen molar-refractivity contribution < 1.29 is 9.32 Å². The summed E-state index contributed by atoms with van der Waals surface area (Å²) in [5.74, 6) is 1.56. The van der Waals surface area contributed by atoms with Crippen molar-refractivity contribution in [2.75, 3.05) is 13.1 Å². The van der Waals surface area contributed by atoms with Crippen LogP contribution in [0.3, 0.4) is 0 Å². The van der Waals surface area contributed by atoms with Crippen LogP contribution in [0, 0.1) is 5.92 Å². The summed E-state index contributed by atoms with van der Waals surface area (Å²) >= 11 is 0. The normalized spacial score (nSPS) is 17.8. The first-order valence-corrected chi connectivity index (χ1v) is 9.05. The summed E-state index contributed by atoms with van der Waals surface area (Å²) < 4.78 is 7.08. The highest BCUT2D eigenvalue weighted by Gasteiger charge is 2.20. The number of piperidine rings is 1. The molecule has 2 aromatic heterocycles. The molecule has 0 spiro atoms. The van der Waals surface area contributed by atoms with E-state index in [9.17, 15) is 4.79 Å². The number of hydrogen-bond donors (Lipinski definition) is 2. The summed E-state index contributed by atoms with van der Waals surface area (Å²) in [6, 6.07) is 3.92. The lowest BCUT2D eigenvalue weighted by Gasteiger charge is -2.23. The summed E-state index contributed by atoms with van der Waals surface area (Å²) in [7, 11) is 0. The molecule has 1 fully saturated rings. The minimum Gasteiger partial charge on any atom is -0.359 e. The van der Waals surface area contributed by atoms with E-state index in [1.54, 1.807) is 10.9 Å². The fourth-order valence-electron chi connectivity index (χ4n) is 3.26. The molecule has 0 unspecified atom stereocenters. The lowest BCUT2D eigenvalue weighted by Crippen LogP contribution is -2.32. The Balaban J connectivity index is 1.51. The number of carbonyl (C=O) groups excluding carboxylic acids is 1. The smallest absolute Gasteiger partial charge is 0.242 e. The van der Waals surface area contributed by atoms with Crippen LogP contribution in [-0.4, -0.2) is 33.9 Å². The maximum absolute atomic E-state index is 12.3. The monoisotopic (exact) mass is 345 g/mol. The van der Waals surface area contributed by atoms with Gasteiger partial charge in [0.05, 0.1) is 12.2 Å². The van der Waals surface area contributed by atoms with E-state index in [0.717, 1.165) is 43.7 Å². The third-order valence-corrected chi connectivity index (χ3v) is 4.44. The van der Waals surface area contributed by atoms with E-state index in [1.165, 1.54) is 0 Å². The Morgan fingerprint density at radius 3 is 3.16 bits per heavy atom. The van der Waals surface area contributed by atoms with Crippen molar-refractivity contribution in [3.63, 3.8) is 0 Å². The number of hydrogen-bond acceptors (Lipinski definition) is 5. The average molecular weight is 345 g/mol. The minimum atomic E-state index is -0.0736. The second-order valence-electron chi connectivity index (χ2n) is 7.12. The first kappa shape index (κ1) is 17.7. The molecule has 2 aromatic rings. The van der Waals surface area contributed by atoms with Gasteiger partial charge in [0.15, 0.2) is 5.76 Å². The molecule has 2 N–H and O–H groups in total. The lowest BCUT2D eigenvalue weighted by atomic mass is 9.96. The highest BCUT2D eigenvalue weighted by atomic mass is 16.5. The quantitative estimate of drug-likeness (QED) is 0.800. The minimum absolute atomic E-state index is 0.0736. The number of amides is 1. The van der Waals surface area contributed by atoms with Crippen molar-refractivity contribution in [2.24, 2.45) is 5.92 Å². The second-order valence-corrected chi connectivity index (χ2v) is 7.12. The number of aromatic nitrogens is 3. The Kier molecular flexibility index (Phi) is 5.86. The van der Waals surface area contributed by atoms with Crippen molar-refractivity contribution in [3.05, 3.63) is 35.5 Å². The van der Waals surface area contributed by atoms with Gasteiger partial charge in [-0.3, -0.25) is 9.48 Å². The van der Waals surface area contributed by atoms with Crippen LogP contribution in [0.15, 0.2) is 22.9 Å². The molecule has 136 valence electrons. The van der Waals surface area contributed by atoms with Crippen LogP contribution in [-0.2, 0) is 24.3 Å². The molecule has 1 amide bonds. The number of nitrogens with zero attached hydrogens (tertiary/aromatic N) is 3. The van der Waals surface area contributed by atoms with Gasteiger partial charge in [-0.05, 0) is 37.8 Å². The van der Waals surface area contributed by atoms with Gasteiger partial charge in [-0.2, -0.15) is 5.10 Å². The van der Waals surface area contributed by atoms with Crippen molar-refractivity contribution >= 4 is 5.91 Å². The van der Waals surface area contributed by atoms with Gasteiger partial charge < -0.3 is 15.2 Å². The summed E-state index contributed by atoms with van der Waals surface area (Å²) in [6.45, 7) is 6.88. The molecule has 0 saturated carbocycles. The molecule has 3 heterocycles. The van der Waals surface area contributed by atoms with Crippen molar-refractivity contribution in [3.8, 4) is 0 Å². The van der Waals surface area contributed by atoms with Crippen LogP contribution >= 0.6 is 0 Å². The van der Waals surface area contributed by atoms with Gasteiger partial charge in [-0.25, -0.2) is 0 Å². The van der Waals surface area contributed by atoms with E-state index in [4.69, 9.17) is 4.52 Å². The topological polar surface area (TPSA) is 85.0 Å². The van der Waals surface area contributed by atoms with Crippen LogP contribution < -0.4 is 10.6 Å². The van der Waals surface area contributed by atoms with E-state index >= 15 is 0 Å². The van der Waals surface area contributed by atoms with Gasteiger partial charge in [0.1, 0.15) is 6.54 Å². The van der Waals surface area contributed by atoms with Crippen LogP contribution in [0.4, 0.5) is 0 Å². The average Bonchev–Trinajstić information content (AvgIpc) is 3.22. The molecule has 1 aliphatic heterocycles. The summed E-state index contributed by atoms with van der Waals surface area (Å²) in [6.07, 6.45) is 4.94. The van der Waals surface area contributed by atoms with Gasteiger partial charge in [0.25, 0.3) is 0 Å². The third kappa shape index (κ3) is 4.92. The van der Waals surface area contributed by atoms with E-state index in [0.29, 0.717) is 24.1 Å². The largest absolute Gasteiger partial charge is 0.359 e. The molecule has 7 nitrogen and oxygen atoms in total. The first-order valence-electron chi connectivity index (χ1n) is 9.05. The molecule has 0 bridgehead atoms. The molecular weight excluding hydrogens is 318 g/mol. The Labute approximate surface area is 148 Å². The number of rotatable bonds is 7. The van der Waals surface area contributed by atoms with Crippen LogP contribution in [0.2, 0.25) is 0 Å². The van der Waals surface area contributed by atoms with Crippen molar-refractivity contribution in [1.82, 2.24) is 25.6 Å². The highest BCUT2D eigenvalue weighted by Crippen LogP contribution is 2.22. The van der Waals surface area contributed by atoms with Gasteiger partial charge >= 0.3 is 0 Å². The van der Waals surface area contributed by atoms with E-state index in [2.05, 4.69) is 34.7 Å². The maximum atomic E-state index is 12.3. The zero-order valence-corrected chi connectivity index (χ0v) is 15.0. The summed E-state index contributed by atoms with van der Waals surface area (Å²) in [4.78, 5) is 12.3. The highest BCUT2D eigenvalue weighted by molar-refractivity contribution is 5.75. The van der Waals surface area contributed by atoms with Crippen LogP contribution in [0.1, 0.15) is 49.8 Å². The van der Waals surface area contributed by atoms with Crippen molar-refractivity contribution in [1.29, 1.82) is 0 Å². The molecular formula is C18H27N5O2. The summed E-state index contributed by atoms with van der Waals surface area (Å²) in [5.41, 5.74) is 2.06. The standard InChI is InChI=1S/C18H27N5O2/c1-13(2)8-15-9-16(25-22-15)11-20-18(24)12-23-17(5-7-21-23)14-4-3-6-19-10-14/h5,7,9,13-14,19H,3-4,6,8,10-12H2,1-2H3,(H,20,24)/t14-/m0/s1. The molecule has 0 radical (unpaired) electrons. The fourth-order valence-corrected chi connectivity index (χ4v) is 3.26. The van der Waals surface area contributed by atoms with Gasteiger partial charge in [0.2, 0.25) is 5.91 Å². The lowest BCUT2D eigenvalue weighted by molar-refractivity contribution is -0.122. The number of nitrogens with one attached hydrogen (secondary N) is 2. The molecule has 1 atom stereocenters. The second kappa shape index (κ2) is 8.29. The molecule has 1 aliphatic rings. The summed E-state index contributed by atoms with van der Waals surface area (Å²) in [5, 5.41) is 14.6. The maximum Gasteiger partial charge on any atom is 0.242 e. The van der Waals surface area contributed by atoms with Gasteiger partial charge in [-0.1, -0.05) is 19.0 Å². The van der Waals surface area contributed by atoms with E-state index in [1.807, 2.05) is 12.1 Å².